The van der Waals surface area contributed by atoms with Crippen LogP contribution < -0.4 is 5.32 Å². The molecule has 0 radical (unpaired) electrons. The van der Waals surface area contributed by atoms with Crippen molar-refractivity contribution in [1.82, 2.24) is 10.2 Å². The monoisotopic (exact) mass is 196 g/mol. The van der Waals surface area contributed by atoms with Crippen LogP contribution in [0.25, 0.3) is 0 Å². The van der Waals surface area contributed by atoms with Crippen LogP contribution in [0.5, 0.6) is 0 Å². The van der Waals surface area contributed by atoms with E-state index in [1.54, 1.807) is 0 Å². The lowest BCUT2D eigenvalue weighted by molar-refractivity contribution is 0.0887. The highest BCUT2D eigenvalue weighted by Crippen LogP contribution is 2.35. The third kappa shape index (κ3) is 2.29. The van der Waals surface area contributed by atoms with Crippen molar-refractivity contribution < 1.29 is 0 Å². The predicted octanol–water partition coefficient (Wildman–Crippen LogP) is 1.86. The van der Waals surface area contributed by atoms with E-state index in [2.05, 4.69) is 17.3 Å². The molecule has 0 spiro atoms. The molecule has 2 unspecified atom stereocenters. The molecule has 0 aromatic carbocycles. The maximum Gasteiger partial charge on any atom is 0.0123 e. The van der Waals surface area contributed by atoms with Gasteiger partial charge in [-0.2, -0.15) is 0 Å². The van der Waals surface area contributed by atoms with E-state index in [0.717, 1.165) is 12.0 Å². The first-order valence-corrected chi connectivity index (χ1v) is 6.30. The van der Waals surface area contributed by atoms with Crippen LogP contribution in [0, 0.1) is 5.92 Å². The van der Waals surface area contributed by atoms with Gasteiger partial charge in [-0.3, -0.25) is 0 Å². The van der Waals surface area contributed by atoms with Crippen LogP contribution >= 0.6 is 0 Å². The van der Waals surface area contributed by atoms with Gasteiger partial charge >= 0.3 is 0 Å². The molecular formula is C12H24N2. The van der Waals surface area contributed by atoms with Gasteiger partial charge in [0.1, 0.15) is 0 Å². The summed E-state index contributed by atoms with van der Waals surface area (Å²) in [7, 11) is 2.06. The number of nitrogens with zero attached hydrogens (tertiary/aromatic N) is 1. The summed E-state index contributed by atoms with van der Waals surface area (Å²) in [4.78, 5) is 2.72. The van der Waals surface area contributed by atoms with E-state index in [4.69, 9.17) is 0 Å². The second kappa shape index (κ2) is 5.13. The number of hydrogen-bond acceptors (Lipinski definition) is 2. The fraction of sp³-hybridized carbons (Fsp3) is 1.00. The molecule has 2 fully saturated rings. The Hall–Kier alpha value is -0.0800. The van der Waals surface area contributed by atoms with Gasteiger partial charge in [-0.15, -0.1) is 0 Å². The van der Waals surface area contributed by atoms with Crippen LogP contribution in [0.2, 0.25) is 0 Å². The fourth-order valence-electron chi connectivity index (χ4n) is 3.05. The minimum Gasteiger partial charge on any atom is -0.320 e. The van der Waals surface area contributed by atoms with Gasteiger partial charge in [0.15, 0.2) is 0 Å². The average molecular weight is 196 g/mol. The summed E-state index contributed by atoms with van der Waals surface area (Å²) in [5, 5.41) is 3.25. The van der Waals surface area contributed by atoms with E-state index in [0.29, 0.717) is 0 Å². The van der Waals surface area contributed by atoms with Gasteiger partial charge in [0.25, 0.3) is 0 Å². The molecule has 1 N–H and O–H groups in total. The SMILES string of the molecule is CNCCCC1CCCC1N1CCC1. The highest BCUT2D eigenvalue weighted by atomic mass is 15.2. The van der Waals surface area contributed by atoms with Crippen molar-refractivity contribution in [3.05, 3.63) is 0 Å². The Balaban J connectivity index is 1.72. The lowest BCUT2D eigenvalue weighted by Gasteiger charge is -2.39. The van der Waals surface area contributed by atoms with Crippen molar-refractivity contribution in [2.75, 3.05) is 26.7 Å². The van der Waals surface area contributed by atoms with Gasteiger partial charge in [0.2, 0.25) is 0 Å². The van der Waals surface area contributed by atoms with Crippen molar-refractivity contribution in [3.8, 4) is 0 Å². The van der Waals surface area contributed by atoms with E-state index in [1.165, 1.54) is 58.2 Å². The molecule has 1 aliphatic heterocycles. The molecule has 2 heteroatoms. The van der Waals surface area contributed by atoms with Crippen molar-refractivity contribution >= 4 is 0 Å². The molecule has 0 aromatic heterocycles. The number of hydrogen-bond donors (Lipinski definition) is 1. The summed E-state index contributed by atoms with van der Waals surface area (Å²) in [5.41, 5.74) is 0. The van der Waals surface area contributed by atoms with Crippen LogP contribution in [0.15, 0.2) is 0 Å². The van der Waals surface area contributed by atoms with Gasteiger partial charge in [-0.1, -0.05) is 6.42 Å². The number of nitrogens with one attached hydrogen (secondary N) is 1. The molecule has 1 heterocycles. The van der Waals surface area contributed by atoms with Gasteiger partial charge in [-0.05, 0) is 64.7 Å². The molecule has 0 bridgehead atoms. The molecule has 2 rings (SSSR count). The van der Waals surface area contributed by atoms with Crippen LogP contribution in [-0.2, 0) is 0 Å². The van der Waals surface area contributed by atoms with Crippen molar-refractivity contribution in [1.29, 1.82) is 0 Å². The largest absolute Gasteiger partial charge is 0.320 e. The summed E-state index contributed by atoms with van der Waals surface area (Å²) in [5.74, 6) is 1.02. The predicted molar refractivity (Wildman–Crippen MR) is 60.5 cm³/mol. The van der Waals surface area contributed by atoms with E-state index < -0.39 is 0 Å². The Kier molecular flexibility index (Phi) is 3.82. The zero-order chi connectivity index (χ0) is 9.80. The first kappa shape index (κ1) is 10.4. The minimum atomic E-state index is 0.959. The molecule has 1 saturated heterocycles. The average Bonchev–Trinajstić information content (AvgIpc) is 2.51. The van der Waals surface area contributed by atoms with Crippen LogP contribution in [0.1, 0.15) is 38.5 Å². The zero-order valence-electron chi connectivity index (χ0n) is 9.47. The molecule has 0 aromatic rings. The Morgan fingerprint density at radius 2 is 2.07 bits per heavy atom. The van der Waals surface area contributed by atoms with E-state index >= 15 is 0 Å². The molecule has 2 atom stereocenters. The maximum atomic E-state index is 3.25. The molecule has 1 aliphatic carbocycles. The Labute approximate surface area is 88.1 Å². The number of rotatable bonds is 5. The normalized spacial score (nSPS) is 33.2. The van der Waals surface area contributed by atoms with E-state index in [9.17, 15) is 0 Å². The summed E-state index contributed by atoms with van der Waals surface area (Å²) >= 11 is 0. The summed E-state index contributed by atoms with van der Waals surface area (Å²) in [6.07, 6.45) is 8.70. The van der Waals surface area contributed by atoms with Crippen LogP contribution in [0.3, 0.4) is 0 Å². The van der Waals surface area contributed by atoms with Crippen molar-refractivity contribution in [2.24, 2.45) is 5.92 Å². The van der Waals surface area contributed by atoms with Gasteiger partial charge < -0.3 is 10.2 Å². The molecule has 82 valence electrons. The third-order valence-electron chi connectivity index (χ3n) is 3.98. The lowest BCUT2D eigenvalue weighted by atomic mass is 9.94. The highest BCUT2D eigenvalue weighted by molar-refractivity contribution is 4.88. The molecule has 2 nitrogen and oxygen atoms in total. The zero-order valence-corrected chi connectivity index (χ0v) is 9.47. The molecule has 0 amide bonds. The van der Waals surface area contributed by atoms with Gasteiger partial charge in [0.05, 0.1) is 0 Å². The molecule has 14 heavy (non-hydrogen) atoms. The molecule has 1 saturated carbocycles. The Morgan fingerprint density at radius 1 is 1.21 bits per heavy atom. The maximum absolute atomic E-state index is 3.25. The highest BCUT2D eigenvalue weighted by Gasteiger charge is 2.33. The number of likely N-dealkylation sites (tertiary alicyclic amines) is 1. The second-order valence-corrected chi connectivity index (χ2v) is 4.89. The van der Waals surface area contributed by atoms with Crippen LogP contribution in [0.4, 0.5) is 0 Å². The minimum absolute atomic E-state index is 0.959. The molecule has 2 aliphatic rings. The van der Waals surface area contributed by atoms with E-state index in [-0.39, 0.29) is 0 Å². The summed E-state index contributed by atoms with van der Waals surface area (Å²) < 4.78 is 0. The van der Waals surface area contributed by atoms with Crippen LogP contribution in [-0.4, -0.2) is 37.6 Å². The third-order valence-corrected chi connectivity index (χ3v) is 3.98. The van der Waals surface area contributed by atoms with Gasteiger partial charge in [0, 0.05) is 6.04 Å². The quantitative estimate of drug-likeness (QED) is 0.675. The lowest BCUT2D eigenvalue weighted by Crippen LogP contribution is -2.46. The van der Waals surface area contributed by atoms with Crippen molar-refractivity contribution in [3.63, 3.8) is 0 Å². The summed E-state index contributed by atoms with van der Waals surface area (Å²) in [6, 6.07) is 0.959. The Bertz CT molecular complexity index is 166. The second-order valence-electron chi connectivity index (χ2n) is 4.89. The van der Waals surface area contributed by atoms with Gasteiger partial charge in [-0.25, -0.2) is 0 Å². The van der Waals surface area contributed by atoms with Crippen molar-refractivity contribution in [2.45, 2.75) is 44.6 Å². The first-order valence-electron chi connectivity index (χ1n) is 6.30. The first-order chi connectivity index (χ1) is 6.92. The Morgan fingerprint density at radius 3 is 2.71 bits per heavy atom. The molecular weight excluding hydrogens is 172 g/mol. The van der Waals surface area contributed by atoms with E-state index in [1.807, 2.05) is 0 Å². The summed E-state index contributed by atoms with van der Waals surface area (Å²) in [6.45, 7) is 3.96. The standard InChI is InChI=1S/C12H24N2/c1-13-8-3-6-11-5-2-7-12(11)14-9-4-10-14/h11-13H,2-10H2,1H3. The smallest absolute Gasteiger partial charge is 0.0123 e. The fourth-order valence-corrected chi connectivity index (χ4v) is 3.05. The topological polar surface area (TPSA) is 15.3 Å².